The molecule has 1 aliphatic rings. The Balaban J connectivity index is 1.48. The molecule has 1 aromatic heterocycles. The van der Waals surface area contributed by atoms with Gasteiger partial charge in [-0.05, 0) is 41.5 Å². The van der Waals surface area contributed by atoms with Gasteiger partial charge in [-0.1, -0.05) is 42.5 Å². The van der Waals surface area contributed by atoms with Crippen molar-refractivity contribution in [2.24, 2.45) is 0 Å². The normalized spacial score (nSPS) is 13.6. The molecular weight excluding hydrogens is 378 g/mol. The van der Waals surface area contributed by atoms with Gasteiger partial charge in [0.15, 0.2) is 0 Å². The summed E-state index contributed by atoms with van der Waals surface area (Å²) in [4.78, 5) is 14.9. The Morgan fingerprint density at radius 2 is 1.80 bits per heavy atom. The number of nitrogens with zero attached hydrogens (tertiary/aromatic N) is 1. The molecule has 0 saturated carbocycles. The molecule has 0 amide bonds. The molecule has 5 nitrogen and oxygen atoms in total. The van der Waals surface area contributed by atoms with Crippen molar-refractivity contribution in [3.05, 3.63) is 94.3 Å². The van der Waals surface area contributed by atoms with Crippen LogP contribution in [0.4, 0.5) is 0 Å². The molecule has 0 fully saturated rings. The van der Waals surface area contributed by atoms with E-state index in [2.05, 4.69) is 4.90 Å². The van der Waals surface area contributed by atoms with Crippen LogP contribution in [-0.2, 0) is 13.1 Å². The predicted molar refractivity (Wildman–Crippen MR) is 116 cm³/mol. The highest BCUT2D eigenvalue weighted by atomic mass is 16.5. The highest BCUT2D eigenvalue weighted by molar-refractivity contribution is 5.86. The van der Waals surface area contributed by atoms with Gasteiger partial charge in [0.25, 0.3) is 0 Å². The van der Waals surface area contributed by atoms with Gasteiger partial charge in [-0.2, -0.15) is 0 Å². The van der Waals surface area contributed by atoms with Gasteiger partial charge in [0.1, 0.15) is 23.8 Å². The lowest BCUT2D eigenvalue weighted by Crippen LogP contribution is -2.31. The number of fused-ring (bicyclic) bond motifs is 3. The number of benzene rings is 3. The van der Waals surface area contributed by atoms with E-state index in [4.69, 9.17) is 13.9 Å². The molecule has 0 radical (unpaired) electrons. The summed E-state index contributed by atoms with van der Waals surface area (Å²) in [5.74, 6) is 1.60. The monoisotopic (exact) mass is 399 g/mol. The number of hydrogen-bond acceptors (Lipinski definition) is 5. The highest BCUT2D eigenvalue weighted by Crippen LogP contribution is 2.33. The summed E-state index contributed by atoms with van der Waals surface area (Å²) in [5.41, 5.74) is 3.74. The maximum absolute atomic E-state index is 12.7. The first-order valence-electron chi connectivity index (χ1n) is 9.84. The van der Waals surface area contributed by atoms with Gasteiger partial charge in [0.05, 0.1) is 18.2 Å². The summed E-state index contributed by atoms with van der Waals surface area (Å²) in [6.07, 6.45) is 0. The van der Waals surface area contributed by atoms with Gasteiger partial charge in [-0.25, -0.2) is 4.79 Å². The second-order valence-corrected chi connectivity index (χ2v) is 7.38. The summed E-state index contributed by atoms with van der Waals surface area (Å²) in [5, 5.41) is 0.891. The minimum atomic E-state index is -0.339. The third-order valence-corrected chi connectivity index (χ3v) is 5.40. The standard InChI is InChI=1S/C25H21NO4/c1-28-20-10-7-17(8-11-20)14-26-15-22-23(29-16-26)12-9-19-13-21(25(27)30-24(19)22)18-5-3-2-4-6-18/h2-13H,14-16H2,1H3. The minimum Gasteiger partial charge on any atom is -0.497 e. The molecule has 150 valence electrons. The fourth-order valence-corrected chi connectivity index (χ4v) is 3.85. The lowest BCUT2D eigenvalue weighted by atomic mass is 10.0. The molecule has 1 aliphatic heterocycles. The van der Waals surface area contributed by atoms with Crippen molar-refractivity contribution in [2.45, 2.75) is 13.1 Å². The molecule has 0 aliphatic carbocycles. The van der Waals surface area contributed by atoms with Crippen LogP contribution in [0, 0.1) is 0 Å². The Morgan fingerprint density at radius 3 is 2.57 bits per heavy atom. The molecule has 5 heteroatoms. The average Bonchev–Trinajstić information content (AvgIpc) is 2.80. The van der Waals surface area contributed by atoms with Crippen molar-refractivity contribution in [1.82, 2.24) is 4.90 Å². The van der Waals surface area contributed by atoms with Crippen LogP contribution in [0.3, 0.4) is 0 Å². The van der Waals surface area contributed by atoms with Crippen LogP contribution in [-0.4, -0.2) is 18.7 Å². The van der Waals surface area contributed by atoms with E-state index in [1.165, 1.54) is 0 Å². The first kappa shape index (κ1) is 18.5. The summed E-state index contributed by atoms with van der Waals surface area (Å²) >= 11 is 0. The zero-order valence-corrected chi connectivity index (χ0v) is 16.6. The summed E-state index contributed by atoms with van der Waals surface area (Å²) in [6, 6.07) is 23.4. The predicted octanol–water partition coefficient (Wildman–Crippen LogP) is 4.82. The van der Waals surface area contributed by atoms with Gasteiger partial charge in [-0.15, -0.1) is 0 Å². The van der Waals surface area contributed by atoms with Gasteiger partial charge in [0.2, 0.25) is 0 Å². The van der Waals surface area contributed by atoms with Crippen molar-refractivity contribution in [3.63, 3.8) is 0 Å². The Morgan fingerprint density at radius 1 is 1.00 bits per heavy atom. The second kappa shape index (κ2) is 7.69. The molecule has 2 heterocycles. The Labute approximate surface area is 174 Å². The molecule has 0 bridgehead atoms. The quantitative estimate of drug-likeness (QED) is 0.461. The van der Waals surface area contributed by atoms with Crippen LogP contribution >= 0.6 is 0 Å². The zero-order chi connectivity index (χ0) is 20.5. The fourth-order valence-electron chi connectivity index (χ4n) is 3.85. The number of hydrogen-bond donors (Lipinski definition) is 0. The SMILES string of the molecule is COc1ccc(CN2COc3ccc4cc(-c5ccccc5)c(=O)oc4c3C2)cc1. The van der Waals surface area contributed by atoms with Crippen LogP contribution in [0.2, 0.25) is 0 Å². The van der Waals surface area contributed by atoms with Gasteiger partial charge < -0.3 is 13.9 Å². The van der Waals surface area contributed by atoms with Gasteiger partial charge >= 0.3 is 5.63 Å². The average molecular weight is 399 g/mol. The Hall–Kier alpha value is -3.57. The first-order chi connectivity index (χ1) is 14.7. The highest BCUT2D eigenvalue weighted by Gasteiger charge is 2.22. The van der Waals surface area contributed by atoms with Crippen LogP contribution < -0.4 is 15.1 Å². The Kier molecular flexibility index (Phi) is 4.73. The van der Waals surface area contributed by atoms with Crippen molar-refractivity contribution in [3.8, 4) is 22.6 Å². The van der Waals surface area contributed by atoms with Crippen molar-refractivity contribution in [1.29, 1.82) is 0 Å². The smallest absolute Gasteiger partial charge is 0.344 e. The minimum absolute atomic E-state index is 0.339. The number of ether oxygens (including phenoxy) is 2. The van der Waals surface area contributed by atoms with E-state index in [0.717, 1.165) is 40.1 Å². The van der Waals surface area contributed by atoms with Crippen molar-refractivity contribution < 1.29 is 13.9 Å². The lowest BCUT2D eigenvalue weighted by molar-refractivity contribution is 0.0889. The first-order valence-corrected chi connectivity index (χ1v) is 9.84. The molecule has 0 saturated heterocycles. The van der Waals surface area contributed by atoms with E-state index in [9.17, 15) is 4.79 Å². The van der Waals surface area contributed by atoms with E-state index in [-0.39, 0.29) is 5.63 Å². The molecule has 3 aromatic carbocycles. The van der Waals surface area contributed by atoms with E-state index in [0.29, 0.717) is 24.4 Å². The Bertz CT molecular complexity index is 1250. The van der Waals surface area contributed by atoms with E-state index < -0.39 is 0 Å². The molecule has 0 N–H and O–H groups in total. The van der Waals surface area contributed by atoms with Crippen LogP contribution in [0.25, 0.3) is 22.1 Å². The topological polar surface area (TPSA) is 51.9 Å². The van der Waals surface area contributed by atoms with E-state index >= 15 is 0 Å². The molecule has 0 atom stereocenters. The maximum atomic E-state index is 12.7. The largest absolute Gasteiger partial charge is 0.497 e. The lowest BCUT2D eigenvalue weighted by Gasteiger charge is -2.29. The number of methoxy groups -OCH3 is 1. The van der Waals surface area contributed by atoms with Crippen molar-refractivity contribution in [2.75, 3.05) is 13.8 Å². The molecule has 0 spiro atoms. The molecule has 30 heavy (non-hydrogen) atoms. The molecule has 4 aromatic rings. The molecular formula is C25H21NO4. The van der Waals surface area contributed by atoms with Crippen molar-refractivity contribution >= 4 is 11.0 Å². The summed E-state index contributed by atoms with van der Waals surface area (Å²) in [7, 11) is 1.66. The van der Waals surface area contributed by atoms with Gasteiger partial charge in [-0.3, -0.25) is 4.90 Å². The summed E-state index contributed by atoms with van der Waals surface area (Å²) in [6.45, 7) is 1.86. The van der Waals surface area contributed by atoms with E-state index in [1.807, 2.05) is 72.8 Å². The fraction of sp³-hybridized carbons (Fsp3) is 0.160. The zero-order valence-electron chi connectivity index (χ0n) is 16.6. The summed E-state index contributed by atoms with van der Waals surface area (Å²) < 4.78 is 17.0. The van der Waals surface area contributed by atoms with Crippen LogP contribution in [0.1, 0.15) is 11.1 Å². The molecule has 5 rings (SSSR count). The third-order valence-electron chi connectivity index (χ3n) is 5.40. The maximum Gasteiger partial charge on any atom is 0.344 e. The number of rotatable bonds is 4. The second-order valence-electron chi connectivity index (χ2n) is 7.38. The molecule has 0 unspecified atom stereocenters. The third kappa shape index (κ3) is 3.44. The van der Waals surface area contributed by atoms with Gasteiger partial charge in [0, 0.05) is 18.5 Å². The van der Waals surface area contributed by atoms with Crippen LogP contribution in [0.15, 0.2) is 82.0 Å². The van der Waals surface area contributed by atoms with Crippen LogP contribution in [0.5, 0.6) is 11.5 Å². The van der Waals surface area contributed by atoms with E-state index in [1.54, 1.807) is 7.11 Å².